The first-order valence-corrected chi connectivity index (χ1v) is 10.4. The Morgan fingerprint density at radius 3 is 1.70 bits per heavy atom. The third-order valence-corrected chi connectivity index (χ3v) is 4.78. The van der Waals surface area contributed by atoms with Crippen LogP contribution in [-0.2, 0) is 19.3 Å². The van der Waals surface area contributed by atoms with Gasteiger partial charge < -0.3 is 4.42 Å². The highest BCUT2D eigenvalue weighted by Crippen LogP contribution is 2.22. The summed E-state index contributed by atoms with van der Waals surface area (Å²) in [5, 5.41) is 0. The van der Waals surface area contributed by atoms with E-state index < -0.39 is 0 Å². The van der Waals surface area contributed by atoms with Crippen LogP contribution in [0.15, 0.2) is 10.5 Å². The third-order valence-electron chi connectivity index (χ3n) is 4.78. The minimum absolute atomic E-state index is 1.14. The molecule has 0 saturated carbocycles. The van der Waals surface area contributed by atoms with Gasteiger partial charge in [-0.05, 0) is 37.3 Å². The fourth-order valence-corrected chi connectivity index (χ4v) is 3.26. The highest BCUT2D eigenvalue weighted by Gasteiger charge is 2.11. The lowest BCUT2D eigenvalue weighted by Gasteiger charge is -2.03. The molecule has 1 heterocycles. The first-order valence-electron chi connectivity index (χ1n) is 10.4. The van der Waals surface area contributed by atoms with E-state index in [9.17, 15) is 0 Å². The van der Waals surface area contributed by atoms with Crippen molar-refractivity contribution in [3.8, 4) is 0 Å². The monoisotopic (exact) mass is 320 g/mol. The largest absolute Gasteiger partial charge is 0.466 e. The second kappa shape index (κ2) is 13.7. The van der Waals surface area contributed by atoms with Crippen molar-refractivity contribution in [2.45, 2.75) is 117 Å². The van der Waals surface area contributed by atoms with Crippen LogP contribution in [0.3, 0.4) is 0 Å². The van der Waals surface area contributed by atoms with Gasteiger partial charge in [0, 0.05) is 12.8 Å². The average Bonchev–Trinajstić information content (AvgIpc) is 2.94. The maximum absolute atomic E-state index is 6.23. The van der Waals surface area contributed by atoms with E-state index >= 15 is 0 Å². The quantitative estimate of drug-likeness (QED) is 0.302. The van der Waals surface area contributed by atoms with Gasteiger partial charge in [-0.1, -0.05) is 78.6 Å². The predicted octanol–water partition coefficient (Wildman–Crippen LogP) is 7.65. The summed E-state index contributed by atoms with van der Waals surface area (Å²) in [5.41, 5.74) is 1.52. The van der Waals surface area contributed by atoms with E-state index in [2.05, 4.69) is 26.8 Å². The molecule has 1 aromatic rings. The molecule has 1 nitrogen and oxygen atoms in total. The van der Waals surface area contributed by atoms with E-state index in [-0.39, 0.29) is 0 Å². The molecule has 0 aliphatic rings. The molecule has 0 aliphatic carbocycles. The number of unbranched alkanes of at least 4 members (excludes halogenated alkanes) is 9. The zero-order valence-corrected chi connectivity index (χ0v) is 16.1. The van der Waals surface area contributed by atoms with E-state index in [1.54, 1.807) is 0 Å². The number of hydrogen-bond acceptors (Lipinski definition) is 1. The molecular weight excluding hydrogens is 280 g/mol. The summed E-state index contributed by atoms with van der Waals surface area (Å²) in [5.74, 6) is 2.56. The fraction of sp³-hybridized carbons (Fsp3) is 0.818. The molecule has 0 aromatic carbocycles. The number of furan rings is 1. The van der Waals surface area contributed by atoms with Gasteiger partial charge in [-0.2, -0.15) is 0 Å². The van der Waals surface area contributed by atoms with Crippen LogP contribution in [0, 0.1) is 0 Å². The highest BCUT2D eigenvalue weighted by atomic mass is 16.3. The van der Waals surface area contributed by atoms with Gasteiger partial charge in [-0.3, -0.25) is 0 Å². The van der Waals surface area contributed by atoms with Crippen LogP contribution in [0.5, 0.6) is 0 Å². The van der Waals surface area contributed by atoms with E-state index in [1.165, 1.54) is 101 Å². The molecule has 0 bridgehead atoms. The normalized spacial score (nSPS) is 11.3. The molecule has 0 aliphatic heterocycles. The van der Waals surface area contributed by atoms with Gasteiger partial charge in [0.1, 0.15) is 11.5 Å². The van der Waals surface area contributed by atoms with Crippen molar-refractivity contribution in [2.75, 3.05) is 0 Å². The van der Waals surface area contributed by atoms with Crippen molar-refractivity contribution in [1.82, 2.24) is 0 Å². The van der Waals surface area contributed by atoms with Crippen LogP contribution >= 0.6 is 0 Å². The topological polar surface area (TPSA) is 13.1 Å². The van der Waals surface area contributed by atoms with Crippen LogP contribution in [0.25, 0.3) is 0 Å². The van der Waals surface area contributed by atoms with Crippen molar-refractivity contribution in [2.24, 2.45) is 0 Å². The smallest absolute Gasteiger partial charge is 0.107 e. The van der Waals surface area contributed by atoms with E-state index in [0.717, 1.165) is 12.8 Å². The van der Waals surface area contributed by atoms with Gasteiger partial charge in [-0.25, -0.2) is 0 Å². The standard InChI is InChI=1S/C22H40O/c1-4-7-10-13-16-20-19-21(17-14-11-8-5-2)23-22(20)18-15-12-9-6-3/h19H,4-18H2,1-3H3. The van der Waals surface area contributed by atoms with E-state index in [4.69, 9.17) is 4.42 Å². The maximum atomic E-state index is 6.23. The van der Waals surface area contributed by atoms with Crippen LogP contribution in [0.4, 0.5) is 0 Å². The summed E-state index contributed by atoms with van der Waals surface area (Å²) in [6.07, 6.45) is 19.5. The predicted molar refractivity (Wildman–Crippen MR) is 102 cm³/mol. The molecule has 0 fully saturated rings. The maximum Gasteiger partial charge on any atom is 0.107 e. The molecule has 0 saturated heterocycles. The molecule has 1 rings (SSSR count). The molecule has 23 heavy (non-hydrogen) atoms. The number of aryl methyl sites for hydroxylation is 3. The number of rotatable bonds is 15. The molecule has 1 heteroatoms. The fourth-order valence-electron chi connectivity index (χ4n) is 3.26. The average molecular weight is 321 g/mol. The zero-order chi connectivity index (χ0) is 16.8. The molecule has 0 N–H and O–H groups in total. The molecule has 0 radical (unpaired) electrons. The summed E-state index contributed by atoms with van der Waals surface area (Å²) in [7, 11) is 0. The molecular formula is C22H40O. The van der Waals surface area contributed by atoms with Crippen LogP contribution in [0.2, 0.25) is 0 Å². The van der Waals surface area contributed by atoms with Gasteiger partial charge in [0.25, 0.3) is 0 Å². The summed E-state index contributed by atoms with van der Waals surface area (Å²) in [6, 6.07) is 2.38. The van der Waals surface area contributed by atoms with Gasteiger partial charge in [0.15, 0.2) is 0 Å². The Kier molecular flexibility index (Phi) is 12.1. The van der Waals surface area contributed by atoms with Crippen molar-refractivity contribution >= 4 is 0 Å². The van der Waals surface area contributed by atoms with Crippen molar-refractivity contribution < 1.29 is 4.42 Å². The van der Waals surface area contributed by atoms with Crippen molar-refractivity contribution in [1.29, 1.82) is 0 Å². The highest BCUT2D eigenvalue weighted by molar-refractivity contribution is 5.22. The van der Waals surface area contributed by atoms with Gasteiger partial charge >= 0.3 is 0 Å². The van der Waals surface area contributed by atoms with Gasteiger partial charge in [0.2, 0.25) is 0 Å². The third kappa shape index (κ3) is 9.23. The lowest BCUT2D eigenvalue weighted by molar-refractivity contribution is 0.444. The van der Waals surface area contributed by atoms with Crippen molar-refractivity contribution in [3.63, 3.8) is 0 Å². The second-order valence-electron chi connectivity index (χ2n) is 7.09. The lowest BCUT2D eigenvalue weighted by Crippen LogP contribution is -1.91. The Morgan fingerprint density at radius 1 is 0.609 bits per heavy atom. The van der Waals surface area contributed by atoms with E-state index in [0.29, 0.717) is 0 Å². The summed E-state index contributed by atoms with van der Waals surface area (Å²) >= 11 is 0. The molecule has 0 atom stereocenters. The van der Waals surface area contributed by atoms with Gasteiger partial charge in [-0.15, -0.1) is 0 Å². The minimum Gasteiger partial charge on any atom is -0.466 e. The molecule has 0 unspecified atom stereocenters. The Morgan fingerprint density at radius 2 is 1.13 bits per heavy atom. The zero-order valence-electron chi connectivity index (χ0n) is 16.1. The van der Waals surface area contributed by atoms with Gasteiger partial charge in [0.05, 0.1) is 0 Å². The summed E-state index contributed by atoms with van der Waals surface area (Å²) in [4.78, 5) is 0. The Hall–Kier alpha value is -0.720. The summed E-state index contributed by atoms with van der Waals surface area (Å²) in [6.45, 7) is 6.83. The Labute approximate surface area is 145 Å². The molecule has 1 aromatic heterocycles. The molecule has 134 valence electrons. The molecule has 0 spiro atoms. The summed E-state index contributed by atoms with van der Waals surface area (Å²) < 4.78 is 6.23. The van der Waals surface area contributed by atoms with Crippen LogP contribution in [0.1, 0.15) is 115 Å². The first kappa shape index (κ1) is 20.3. The first-order chi connectivity index (χ1) is 11.3. The molecule has 0 amide bonds. The Bertz CT molecular complexity index is 348. The van der Waals surface area contributed by atoms with E-state index in [1.807, 2.05) is 0 Å². The lowest BCUT2D eigenvalue weighted by atomic mass is 10.0. The second-order valence-corrected chi connectivity index (χ2v) is 7.09. The van der Waals surface area contributed by atoms with Crippen LogP contribution in [-0.4, -0.2) is 0 Å². The van der Waals surface area contributed by atoms with Crippen molar-refractivity contribution in [3.05, 3.63) is 23.2 Å². The Balaban J connectivity index is 2.49. The SMILES string of the molecule is CCCCCCc1cc(CCCCCC)c(CCCCCC)o1. The minimum atomic E-state index is 1.14. The number of hydrogen-bond donors (Lipinski definition) is 0. The van der Waals surface area contributed by atoms with Crippen LogP contribution < -0.4 is 0 Å².